The first-order chi connectivity index (χ1) is 8.81. The highest BCUT2D eigenvalue weighted by Crippen LogP contribution is 2.23. The van der Waals surface area contributed by atoms with Gasteiger partial charge in [-0.15, -0.1) is 0 Å². The largest absolute Gasteiger partial charge is 0.478 e. The van der Waals surface area contributed by atoms with Crippen molar-refractivity contribution in [3.05, 3.63) is 23.8 Å². The summed E-state index contributed by atoms with van der Waals surface area (Å²) in [4.78, 5) is 10.9. The number of benzene rings is 1. The van der Waals surface area contributed by atoms with Crippen molar-refractivity contribution in [2.75, 3.05) is 12.4 Å². The fourth-order valence-electron chi connectivity index (χ4n) is 1.47. The van der Waals surface area contributed by atoms with Crippen molar-refractivity contribution in [2.24, 2.45) is 0 Å². The lowest BCUT2D eigenvalue weighted by Gasteiger charge is -2.17. The zero-order chi connectivity index (χ0) is 14.6. The van der Waals surface area contributed by atoms with Crippen LogP contribution in [-0.4, -0.2) is 32.6 Å². The van der Waals surface area contributed by atoms with Crippen LogP contribution in [0.1, 0.15) is 30.6 Å². The number of hydrogen-bond donors (Lipinski definition) is 3. The van der Waals surface area contributed by atoms with Gasteiger partial charge in [0.25, 0.3) is 0 Å². The number of anilines is 1. The van der Waals surface area contributed by atoms with Gasteiger partial charge in [0.05, 0.1) is 11.3 Å². The van der Waals surface area contributed by atoms with Crippen LogP contribution in [0.25, 0.3) is 0 Å². The molecule has 19 heavy (non-hydrogen) atoms. The Morgan fingerprint density at radius 3 is 2.53 bits per heavy atom. The van der Waals surface area contributed by atoms with Gasteiger partial charge in [0, 0.05) is 6.04 Å². The van der Waals surface area contributed by atoms with Gasteiger partial charge < -0.3 is 10.4 Å². The van der Waals surface area contributed by atoms with Gasteiger partial charge in [-0.05, 0) is 38.6 Å². The van der Waals surface area contributed by atoms with E-state index in [4.69, 9.17) is 5.11 Å². The third-order valence-electron chi connectivity index (χ3n) is 2.80. The highest BCUT2D eigenvalue weighted by Gasteiger charge is 2.19. The van der Waals surface area contributed by atoms with E-state index in [0.717, 1.165) is 12.5 Å². The fraction of sp³-hybridized carbons (Fsp3) is 0.417. The molecule has 6 nitrogen and oxygen atoms in total. The molecule has 0 spiro atoms. The van der Waals surface area contributed by atoms with E-state index in [0.29, 0.717) is 5.69 Å². The molecule has 0 aromatic heterocycles. The van der Waals surface area contributed by atoms with E-state index >= 15 is 0 Å². The molecule has 0 aliphatic heterocycles. The van der Waals surface area contributed by atoms with Crippen LogP contribution in [0.3, 0.4) is 0 Å². The second kappa shape index (κ2) is 6.03. The molecule has 1 unspecified atom stereocenters. The maximum atomic E-state index is 11.9. The Bertz CT molecular complexity index is 569. The molecular weight excluding hydrogens is 268 g/mol. The molecule has 0 aliphatic carbocycles. The molecule has 1 aromatic carbocycles. The Morgan fingerprint density at radius 1 is 1.42 bits per heavy atom. The van der Waals surface area contributed by atoms with Gasteiger partial charge in [0.2, 0.25) is 10.0 Å². The van der Waals surface area contributed by atoms with Gasteiger partial charge in [-0.25, -0.2) is 17.9 Å². The van der Waals surface area contributed by atoms with Gasteiger partial charge in [0.1, 0.15) is 4.90 Å². The Balaban J connectivity index is 3.35. The van der Waals surface area contributed by atoms with Crippen LogP contribution in [0.4, 0.5) is 5.69 Å². The summed E-state index contributed by atoms with van der Waals surface area (Å²) < 4.78 is 26.0. The van der Waals surface area contributed by atoms with Crippen molar-refractivity contribution in [2.45, 2.75) is 31.2 Å². The summed E-state index contributed by atoms with van der Waals surface area (Å²) >= 11 is 0. The van der Waals surface area contributed by atoms with Crippen LogP contribution in [0.5, 0.6) is 0 Å². The second-order valence-electron chi connectivity index (χ2n) is 4.18. The van der Waals surface area contributed by atoms with E-state index in [1.54, 1.807) is 0 Å². The van der Waals surface area contributed by atoms with Gasteiger partial charge in [-0.1, -0.05) is 6.92 Å². The number of rotatable bonds is 6. The average molecular weight is 286 g/mol. The van der Waals surface area contributed by atoms with Crippen LogP contribution < -0.4 is 10.0 Å². The molecule has 3 N–H and O–H groups in total. The molecule has 0 bridgehead atoms. The summed E-state index contributed by atoms with van der Waals surface area (Å²) in [7, 11) is -2.43. The van der Waals surface area contributed by atoms with Crippen LogP contribution in [0.2, 0.25) is 0 Å². The Hall–Kier alpha value is -1.60. The second-order valence-corrected chi connectivity index (χ2v) is 6.03. The first-order valence-electron chi connectivity index (χ1n) is 5.89. The molecule has 106 valence electrons. The van der Waals surface area contributed by atoms with E-state index in [9.17, 15) is 13.2 Å². The molecule has 0 aliphatic rings. The molecule has 0 saturated heterocycles. The first kappa shape index (κ1) is 15.5. The fourth-order valence-corrected chi connectivity index (χ4v) is 2.39. The number of sulfonamides is 1. The lowest BCUT2D eigenvalue weighted by atomic mass is 10.2. The van der Waals surface area contributed by atoms with E-state index in [1.165, 1.54) is 19.2 Å². The molecule has 1 aromatic rings. The summed E-state index contributed by atoms with van der Waals surface area (Å²) in [5.41, 5.74) is 0.331. The lowest BCUT2D eigenvalue weighted by molar-refractivity contribution is 0.0696. The van der Waals surface area contributed by atoms with Crippen LogP contribution >= 0.6 is 0 Å². The van der Waals surface area contributed by atoms with Gasteiger partial charge in [-0.3, -0.25) is 0 Å². The molecule has 0 heterocycles. The van der Waals surface area contributed by atoms with E-state index in [1.807, 2.05) is 13.8 Å². The zero-order valence-electron chi connectivity index (χ0n) is 11.1. The van der Waals surface area contributed by atoms with Crippen molar-refractivity contribution in [3.8, 4) is 0 Å². The van der Waals surface area contributed by atoms with Gasteiger partial charge in [-0.2, -0.15) is 0 Å². The minimum absolute atomic E-state index is 0.0600. The predicted octanol–water partition coefficient (Wildman–Crippen LogP) is 1.50. The standard InChI is InChI=1S/C12H18N2O4S/c1-4-8(2)14-10-6-5-9(12(15)16)7-11(10)19(17,18)13-3/h5-8,13-14H,4H2,1-3H3,(H,15,16). The molecule has 0 saturated carbocycles. The maximum absolute atomic E-state index is 11.9. The Morgan fingerprint density at radius 2 is 2.05 bits per heavy atom. The molecule has 0 fully saturated rings. The molecule has 0 radical (unpaired) electrons. The minimum Gasteiger partial charge on any atom is -0.478 e. The summed E-state index contributed by atoms with van der Waals surface area (Å²) in [6.07, 6.45) is 0.819. The lowest BCUT2D eigenvalue weighted by Crippen LogP contribution is -2.23. The predicted molar refractivity (Wildman–Crippen MR) is 73.0 cm³/mol. The van der Waals surface area contributed by atoms with Crippen molar-refractivity contribution < 1.29 is 18.3 Å². The molecular formula is C12H18N2O4S. The van der Waals surface area contributed by atoms with Crippen molar-refractivity contribution in [1.29, 1.82) is 0 Å². The molecule has 0 amide bonds. The Labute approximate surface area is 112 Å². The number of carboxylic acid groups (broad SMARTS) is 1. The highest BCUT2D eigenvalue weighted by molar-refractivity contribution is 7.89. The third kappa shape index (κ3) is 3.68. The minimum atomic E-state index is -3.71. The number of hydrogen-bond acceptors (Lipinski definition) is 4. The summed E-state index contributed by atoms with van der Waals surface area (Å²) in [6.45, 7) is 3.89. The van der Waals surface area contributed by atoms with Crippen molar-refractivity contribution in [3.63, 3.8) is 0 Å². The first-order valence-corrected chi connectivity index (χ1v) is 7.37. The number of nitrogens with one attached hydrogen (secondary N) is 2. The zero-order valence-corrected chi connectivity index (χ0v) is 11.9. The maximum Gasteiger partial charge on any atom is 0.335 e. The molecule has 1 atom stereocenters. The Kier molecular flexibility index (Phi) is 4.90. The van der Waals surface area contributed by atoms with Crippen molar-refractivity contribution in [1.82, 2.24) is 4.72 Å². The number of aromatic carboxylic acids is 1. The molecule has 7 heteroatoms. The summed E-state index contributed by atoms with van der Waals surface area (Å²) in [5.74, 6) is -1.16. The van der Waals surface area contributed by atoms with E-state index < -0.39 is 16.0 Å². The quantitative estimate of drug-likeness (QED) is 0.736. The monoisotopic (exact) mass is 286 g/mol. The number of carboxylic acids is 1. The normalized spacial score (nSPS) is 13.0. The van der Waals surface area contributed by atoms with Gasteiger partial charge in [0.15, 0.2) is 0 Å². The average Bonchev–Trinajstić information content (AvgIpc) is 2.38. The van der Waals surface area contributed by atoms with Crippen molar-refractivity contribution >= 4 is 21.7 Å². The topological polar surface area (TPSA) is 95.5 Å². The smallest absolute Gasteiger partial charge is 0.335 e. The van der Waals surface area contributed by atoms with Crippen LogP contribution in [-0.2, 0) is 10.0 Å². The third-order valence-corrected chi connectivity index (χ3v) is 4.26. The molecule has 1 rings (SSSR count). The van der Waals surface area contributed by atoms with E-state index in [-0.39, 0.29) is 16.5 Å². The summed E-state index contributed by atoms with van der Waals surface area (Å²) in [6, 6.07) is 4.09. The van der Waals surface area contributed by atoms with E-state index in [2.05, 4.69) is 10.0 Å². The van der Waals surface area contributed by atoms with Gasteiger partial charge >= 0.3 is 5.97 Å². The summed E-state index contributed by atoms with van der Waals surface area (Å²) in [5, 5.41) is 12.0. The highest BCUT2D eigenvalue weighted by atomic mass is 32.2. The SMILES string of the molecule is CCC(C)Nc1ccc(C(=O)O)cc1S(=O)(=O)NC. The van der Waals surface area contributed by atoms with Crippen LogP contribution in [0, 0.1) is 0 Å². The number of carbonyl (C=O) groups is 1. The van der Waals surface area contributed by atoms with Crippen LogP contribution in [0.15, 0.2) is 23.1 Å².